The van der Waals surface area contributed by atoms with Crippen LogP contribution in [0.15, 0.2) is 0 Å². The predicted octanol–water partition coefficient (Wildman–Crippen LogP) is -0.121. The molecule has 0 rings (SSSR count). The van der Waals surface area contributed by atoms with Gasteiger partial charge in [-0.2, -0.15) is 0 Å². The summed E-state index contributed by atoms with van der Waals surface area (Å²) in [6, 6.07) is -1.06. The Bertz CT molecular complexity index is 264. The highest BCUT2D eigenvalue weighted by Crippen LogP contribution is 2.04. The molecule has 0 saturated carbocycles. The van der Waals surface area contributed by atoms with Crippen LogP contribution >= 0.6 is 0 Å². The SMILES string of the molecule is CC(C)CC(NC(=O)C[N+](=O)[O-])C(=O)O. The Morgan fingerprint density at radius 1 is 1.47 bits per heavy atom. The van der Waals surface area contributed by atoms with Crippen LogP contribution in [0, 0.1) is 16.0 Å². The molecule has 1 unspecified atom stereocenters. The first-order valence-corrected chi connectivity index (χ1v) is 4.47. The summed E-state index contributed by atoms with van der Waals surface area (Å²) in [5.74, 6) is -1.98. The number of carbonyl (C=O) groups excluding carboxylic acids is 1. The molecule has 86 valence electrons. The summed E-state index contributed by atoms with van der Waals surface area (Å²) in [5.41, 5.74) is 0. The predicted molar refractivity (Wildman–Crippen MR) is 50.9 cm³/mol. The van der Waals surface area contributed by atoms with Crippen molar-refractivity contribution in [2.24, 2.45) is 5.92 Å². The summed E-state index contributed by atoms with van der Waals surface area (Å²) in [7, 11) is 0. The van der Waals surface area contributed by atoms with Crippen molar-refractivity contribution in [1.82, 2.24) is 5.32 Å². The van der Waals surface area contributed by atoms with E-state index >= 15 is 0 Å². The van der Waals surface area contributed by atoms with Crippen LogP contribution < -0.4 is 5.32 Å². The number of rotatable bonds is 6. The van der Waals surface area contributed by atoms with Gasteiger partial charge in [0.05, 0.1) is 0 Å². The number of nitrogens with zero attached hydrogens (tertiary/aromatic N) is 1. The largest absolute Gasteiger partial charge is 0.480 e. The first kappa shape index (κ1) is 13.3. The lowest BCUT2D eigenvalue weighted by Gasteiger charge is -2.14. The van der Waals surface area contributed by atoms with E-state index in [4.69, 9.17) is 5.11 Å². The fraction of sp³-hybridized carbons (Fsp3) is 0.750. The maximum atomic E-state index is 10.9. The number of nitro groups is 1. The van der Waals surface area contributed by atoms with Crippen molar-refractivity contribution in [3.8, 4) is 0 Å². The van der Waals surface area contributed by atoms with Crippen molar-refractivity contribution in [2.75, 3.05) is 6.54 Å². The molecule has 0 fully saturated rings. The van der Waals surface area contributed by atoms with Gasteiger partial charge in [-0.25, -0.2) is 4.79 Å². The molecule has 1 atom stereocenters. The Hall–Kier alpha value is -1.66. The molecule has 0 aliphatic carbocycles. The van der Waals surface area contributed by atoms with Gasteiger partial charge in [-0.1, -0.05) is 13.8 Å². The van der Waals surface area contributed by atoms with Crippen LogP contribution in [0.4, 0.5) is 0 Å². The van der Waals surface area contributed by atoms with E-state index in [1.165, 1.54) is 0 Å². The second kappa shape index (κ2) is 5.94. The van der Waals surface area contributed by atoms with Crippen LogP contribution in [0.1, 0.15) is 20.3 Å². The highest BCUT2D eigenvalue weighted by Gasteiger charge is 2.22. The lowest BCUT2D eigenvalue weighted by Crippen LogP contribution is -2.43. The van der Waals surface area contributed by atoms with E-state index in [1.807, 2.05) is 0 Å². The smallest absolute Gasteiger partial charge is 0.326 e. The number of amides is 1. The zero-order valence-corrected chi connectivity index (χ0v) is 8.60. The van der Waals surface area contributed by atoms with Crippen LogP contribution in [0.2, 0.25) is 0 Å². The first-order chi connectivity index (χ1) is 6.82. The number of hydrogen-bond donors (Lipinski definition) is 2. The highest BCUT2D eigenvalue weighted by atomic mass is 16.6. The number of carboxylic acids is 1. The van der Waals surface area contributed by atoms with Crippen molar-refractivity contribution in [3.05, 3.63) is 10.1 Å². The van der Waals surface area contributed by atoms with Gasteiger partial charge in [0, 0.05) is 4.92 Å². The van der Waals surface area contributed by atoms with Gasteiger partial charge >= 0.3 is 5.97 Å². The summed E-state index contributed by atoms with van der Waals surface area (Å²) in [6.45, 7) is 2.70. The molecular formula is C8H14N2O5. The van der Waals surface area contributed by atoms with E-state index in [2.05, 4.69) is 5.32 Å². The second-order valence-electron chi connectivity index (χ2n) is 3.58. The Labute approximate surface area is 86.6 Å². The fourth-order valence-electron chi connectivity index (χ4n) is 1.05. The molecule has 2 N–H and O–H groups in total. The Morgan fingerprint density at radius 3 is 2.33 bits per heavy atom. The van der Waals surface area contributed by atoms with Gasteiger partial charge in [0.15, 0.2) is 0 Å². The molecule has 0 saturated heterocycles. The van der Waals surface area contributed by atoms with Crippen molar-refractivity contribution in [3.63, 3.8) is 0 Å². The van der Waals surface area contributed by atoms with Crippen LogP contribution in [-0.2, 0) is 9.59 Å². The van der Waals surface area contributed by atoms with Crippen molar-refractivity contribution >= 4 is 11.9 Å². The lowest BCUT2D eigenvalue weighted by molar-refractivity contribution is -0.467. The number of nitrogens with one attached hydrogen (secondary N) is 1. The van der Waals surface area contributed by atoms with Gasteiger partial charge in [-0.15, -0.1) is 0 Å². The number of aliphatic carboxylic acids is 1. The second-order valence-corrected chi connectivity index (χ2v) is 3.58. The molecule has 0 aliphatic rings. The lowest BCUT2D eigenvalue weighted by atomic mass is 10.0. The minimum atomic E-state index is -1.18. The third-order valence-corrected chi connectivity index (χ3v) is 1.61. The minimum Gasteiger partial charge on any atom is -0.480 e. The van der Waals surface area contributed by atoms with Gasteiger partial charge in [-0.3, -0.25) is 14.9 Å². The topological polar surface area (TPSA) is 110 Å². The molecule has 0 heterocycles. The molecular weight excluding hydrogens is 204 g/mol. The van der Waals surface area contributed by atoms with Gasteiger partial charge in [0.2, 0.25) is 0 Å². The normalized spacial score (nSPS) is 12.2. The number of carboxylic acid groups (broad SMARTS) is 1. The standard InChI is InChI=1S/C8H14N2O5/c1-5(2)3-6(8(12)13)9-7(11)4-10(14)15/h5-6H,3-4H2,1-2H3,(H,9,11)(H,12,13). The molecule has 1 amide bonds. The van der Waals surface area contributed by atoms with Crippen LogP contribution in [0.25, 0.3) is 0 Å². The van der Waals surface area contributed by atoms with Gasteiger partial charge in [-0.05, 0) is 12.3 Å². The zero-order valence-electron chi connectivity index (χ0n) is 8.60. The van der Waals surface area contributed by atoms with E-state index in [9.17, 15) is 19.7 Å². The molecule has 0 bridgehead atoms. The zero-order chi connectivity index (χ0) is 12.0. The van der Waals surface area contributed by atoms with Crippen molar-refractivity contribution in [2.45, 2.75) is 26.3 Å². The van der Waals surface area contributed by atoms with Gasteiger partial charge in [0.1, 0.15) is 6.04 Å². The van der Waals surface area contributed by atoms with E-state index in [0.29, 0.717) is 0 Å². The molecule has 0 aromatic rings. The van der Waals surface area contributed by atoms with E-state index in [0.717, 1.165) is 0 Å². The van der Waals surface area contributed by atoms with Crippen LogP contribution in [0.3, 0.4) is 0 Å². The molecule has 0 aromatic heterocycles. The molecule has 0 aliphatic heterocycles. The van der Waals surface area contributed by atoms with E-state index in [-0.39, 0.29) is 12.3 Å². The monoisotopic (exact) mass is 218 g/mol. The highest BCUT2D eigenvalue weighted by molar-refractivity contribution is 5.84. The third-order valence-electron chi connectivity index (χ3n) is 1.61. The van der Waals surface area contributed by atoms with E-state index in [1.54, 1.807) is 13.8 Å². The summed E-state index contributed by atoms with van der Waals surface area (Å²) in [4.78, 5) is 30.8. The Morgan fingerprint density at radius 2 is 2.00 bits per heavy atom. The molecule has 0 radical (unpaired) electrons. The Balaban J connectivity index is 4.22. The van der Waals surface area contributed by atoms with Crippen LogP contribution in [-0.4, -0.2) is 34.5 Å². The summed E-state index contributed by atoms with van der Waals surface area (Å²) < 4.78 is 0. The average Bonchev–Trinajstić information content (AvgIpc) is 1.99. The van der Waals surface area contributed by atoms with Gasteiger partial charge < -0.3 is 10.4 Å². The molecule has 15 heavy (non-hydrogen) atoms. The number of hydrogen-bond acceptors (Lipinski definition) is 4. The molecule has 0 aromatic carbocycles. The third kappa shape index (κ3) is 6.42. The van der Waals surface area contributed by atoms with Gasteiger partial charge in [0.25, 0.3) is 12.5 Å². The Kier molecular flexibility index (Phi) is 5.29. The fourth-order valence-corrected chi connectivity index (χ4v) is 1.05. The molecule has 7 nitrogen and oxygen atoms in total. The number of carbonyl (C=O) groups is 2. The van der Waals surface area contributed by atoms with Crippen LogP contribution in [0.5, 0.6) is 0 Å². The van der Waals surface area contributed by atoms with Crippen molar-refractivity contribution < 1.29 is 19.6 Å². The maximum Gasteiger partial charge on any atom is 0.326 e. The van der Waals surface area contributed by atoms with Crippen molar-refractivity contribution in [1.29, 1.82) is 0 Å². The minimum absolute atomic E-state index is 0.0852. The van der Waals surface area contributed by atoms with E-state index < -0.39 is 29.4 Å². The summed E-state index contributed by atoms with van der Waals surface area (Å²) >= 11 is 0. The quantitative estimate of drug-likeness (QED) is 0.477. The first-order valence-electron chi connectivity index (χ1n) is 4.47. The molecule has 0 spiro atoms. The summed E-state index contributed by atoms with van der Waals surface area (Å²) in [6.07, 6.45) is 0.249. The molecule has 7 heteroatoms. The average molecular weight is 218 g/mol. The maximum absolute atomic E-state index is 10.9. The summed E-state index contributed by atoms with van der Waals surface area (Å²) in [5, 5.41) is 20.8.